The third-order valence-corrected chi connectivity index (χ3v) is 1.76. The molecule has 1 aromatic carbocycles. The molecule has 0 saturated carbocycles. The molecule has 3 N–H and O–H groups in total. The van der Waals surface area contributed by atoms with E-state index in [1.165, 1.54) is 7.11 Å². The first kappa shape index (κ1) is 11.3. The number of rotatable bonds is 3. The quantitative estimate of drug-likeness (QED) is 0.793. The zero-order chi connectivity index (χ0) is 11.1. The molecule has 0 aromatic heterocycles. The minimum atomic E-state index is -0.477. The second-order valence-corrected chi connectivity index (χ2v) is 2.88. The molecule has 80 valence electrons. The zero-order valence-electron chi connectivity index (χ0n) is 8.57. The third kappa shape index (κ3) is 3.83. The summed E-state index contributed by atoms with van der Waals surface area (Å²) in [5.41, 5.74) is 7.02. The molecule has 4 nitrogen and oxygen atoms in total. The predicted molar refractivity (Wildman–Crippen MR) is 60.6 cm³/mol. The molecule has 0 saturated heterocycles. The SMILES string of the molecule is COC(=O)Nc1cccc(/C=C/CN)c1. The highest BCUT2D eigenvalue weighted by atomic mass is 16.5. The normalized spacial score (nSPS) is 10.3. The van der Waals surface area contributed by atoms with E-state index in [2.05, 4.69) is 10.1 Å². The van der Waals surface area contributed by atoms with Crippen molar-refractivity contribution in [2.45, 2.75) is 0 Å². The van der Waals surface area contributed by atoms with Gasteiger partial charge in [0.05, 0.1) is 7.11 Å². The van der Waals surface area contributed by atoms with Crippen LogP contribution in [0.3, 0.4) is 0 Å². The topological polar surface area (TPSA) is 64.3 Å². The van der Waals surface area contributed by atoms with E-state index in [1.807, 2.05) is 30.4 Å². The van der Waals surface area contributed by atoms with Crippen LogP contribution in [0.15, 0.2) is 30.3 Å². The van der Waals surface area contributed by atoms with Crippen LogP contribution in [0.25, 0.3) is 6.08 Å². The van der Waals surface area contributed by atoms with Gasteiger partial charge in [-0.1, -0.05) is 24.3 Å². The van der Waals surface area contributed by atoms with Crippen molar-refractivity contribution in [1.29, 1.82) is 0 Å². The van der Waals surface area contributed by atoms with Crippen LogP contribution in [-0.2, 0) is 4.74 Å². The Morgan fingerprint density at radius 1 is 1.60 bits per heavy atom. The van der Waals surface area contributed by atoms with Gasteiger partial charge in [0.2, 0.25) is 0 Å². The van der Waals surface area contributed by atoms with Gasteiger partial charge in [0.25, 0.3) is 0 Å². The van der Waals surface area contributed by atoms with Crippen LogP contribution >= 0.6 is 0 Å². The van der Waals surface area contributed by atoms with Crippen molar-refractivity contribution >= 4 is 17.9 Å². The Hall–Kier alpha value is -1.81. The van der Waals surface area contributed by atoms with Crippen LogP contribution in [0.1, 0.15) is 5.56 Å². The Bertz CT molecular complexity index is 361. The summed E-state index contributed by atoms with van der Waals surface area (Å²) in [6.45, 7) is 0.495. The molecule has 0 fully saturated rings. The average molecular weight is 206 g/mol. The lowest BCUT2D eigenvalue weighted by Crippen LogP contribution is -2.10. The van der Waals surface area contributed by atoms with Crippen molar-refractivity contribution in [3.8, 4) is 0 Å². The molecular weight excluding hydrogens is 192 g/mol. The zero-order valence-corrected chi connectivity index (χ0v) is 8.57. The highest BCUT2D eigenvalue weighted by molar-refractivity contribution is 5.84. The maximum absolute atomic E-state index is 10.9. The monoisotopic (exact) mass is 206 g/mol. The summed E-state index contributed by atoms with van der Waals surface area (Å²) < 4.78 is 4.49. The average Bonchev–Trinajstić information content (AvgIpc) is 2.26. The number of anilines is 1. The highest BCUT2D eigenvalue weighted by Gasteiger charge is 1.99. The predicted octanol–water partition coefficient (Wildman–Crippen LogP) is 1.84. The summed E-state index contributed by atoms with van der Waals surface area (Å²) in [5.74, 6) is 0. The van der Waals surface area contributed by atoms with E-state index in [1.54, 1.807) is 6.07 Å². The number of benzene rings is 1. The van der Waals surface area contributed by atoms with Crippen LogP contribution in [0, 0.1) is 0 Å². The molecule has 0 unspecified atom stereocenters. The minimum absolute atomic E-state index is 0.477. The van der Waals surface area contributed by atoms with Crippen LogP contribution in [0.5, 0.6) is 0 Å². The van der Waals surface area contributed by atoms with E-state index in [9.17, 15) is 4.79 Å². The summed E-state index contributed by atoms with van der Waals surface area (Å²) in [4.78, 5) is 10.9. The molecule has 1 rings (SSSR count). The van der Waals surface area contributed by atoms with Gasteiger partial charge < -0.3 is 10.5 Å². The van der Waals surface area contributed by atoms with Gasteiger partial charge in [0.15, 0.2) is 0 Å². The molecule has 1 amide bonds. The van der Waals surface area contributed by atoms with Crippen molar-refractivity contribution < 1.29 is 9.53 Å². The number of hydrogen-bond donors (Lipinski definition) is 2. The fourth-order valence-corrected chi connectivity index (χ4v) is 1.09. The van der Waals surface area contributed by atoms with Crippen molar-refractivity contribution in [3.05, 3.63) is 35.9 Å². The van der Waals surface area contributed by atoms with Crippen LogP contribution < -0.4 is 11.1 Å². The number of carbonyl (C=O) groups is 1. The van der Waals surface area contributed by atoms with E-state index >= 15 is 0 Å². The summed E-state index contributed by atoms with van der Waals surface area (Å²) in [6, 6.07) is 7.40. The largest absolute Gasteiger partial charge is 0.453 e. The molecule has 1 aromatic rings. The van der Waals surface area contributed by atoms with E-state index in [0.717, 1.165) is 5.56 Å². The van der Waals surface area contributed by atoms with E-state index < -0.39 is 6.09 Å². The van der Waals surface area contributed by atoms with E-state index in [-0.39, 0.29) is 0 Å². The standard InChI is InChI=1S/C11H14N2O2/c1-15-11(14)13-10-6-2-4-9(8-10)5-3-7-12/h2-6,8H,7,12H2,1H3,(H,13,14)/b5-3+. The molecule has 0 bridgehead atoms. The molecule has 0 heterocycles. The molecule has 15 heavy (non-hydrogen) atoms. The van der Waals surface area contributed by atoms with Gasteiger partial charge in [0.1, 0.15) is 0 Å². The Morgan fingerprint density at radius 3 is 3.07 bits per heavy atom. The maximum Gasteiger partial charge on any atom is 0.411 e. The van der Waals surface area contributed by atoms with Crippen LogP contribution in [0.4, 0.5) is 10.5 Å². The molecule has 4 heteroatoms. The highest BCUT2D eigenvalue weighted by Crippen LogP contribution is 2.11. The van der Waals surface area contributed by atoms with Gasteiger partial charge in [-0.3, -0.25) is 5.32 Å². The fraction of sp³-hybridized carbons (Fsp3) is 0.182. The lowest BCUT2D eigenvalue weighted by atomic mass is 10.2. The Kier molecular flexibility index (Phi) is 4.37. The molecule has 0 radical (unpaired) electrons. The number of hydrogen-bond acceptors (Lipinski definition) is 3. The van der Waals surface area contributed by atoms with Crippen LogP contribution in [-0.4, -0.2) is 19.7 Å². The number of methoxy groups -OCH3 is 1. The van der Waals surface area contributed by atoms with Crippen molar-refractivity contribution in [3.63, 3.8) is 0 Å². The summed E-state index contributed by atoms with van der Waals surface area (Å²) in [6.07, 6.45) is 3.26. The van der Waals surface area contributed by atoms with Crippen LogP contribution in [0.2, 0.25) is 0 Å². The molecule has 0 aliphatic carbocycles. The molecule has 0 aliphatic heterocycles. The summed E-state index contributed by atoms with van der Waals surface area (Å²) in [7, 11) is 1.33. The van der Waals surface area contributed by atoms with Crippen molar-refractivity contribution in [2.75, 3.05) is 19.0 Å². The van der Waals surface area contributed by atoms with E-state index in [0.29, 0.717) is 12.2 Å². The third-order valence-electron chi connectivity index (χ3n) is 1.76. The van der Waals surface area contributed by atoms with Gasteiger partial charge in [0, 0.05) is 12.2 Å². The number of carbonyl (C=O) groups excluding carboxylic acids is 1. The number of ether oxygens (including phenoxy) is 1. The first-order valence-corrected chi connectivity index (χ1v) is 4.58. The van der Waals surface area contributed by atoms with Gasteiger partial charge >= 0.3 is 6.09 Å². The van der Waals surface area contributed by atoms with Crippen molar-refractivity contribution in [1.82, 2.24) is 0 Å². The molecule has 0 aliphatic rings. The minimum Gasteiger partial charge on any atom is -0.453 e. The second kappa shape index (κ2) is 5.82. The summed E-state index contributed by atoms with van der Waals surface area (Å²) >= 11 is 0. The van der Waals surface area contributed by atoms with Gasteiger partial charge in [-0.05, 0) is 17.7 Å². The Balaban J connectivity index is 2.74. The second-order valence-electron chi connectivity index (χ2n) is 2.88. The maximum atomic E-state index is 10.9. The Labute approximate surface area is 88.7 Å². The number of nitrogens with one attached hydrogen (secondary N) is 1. The molecular formula is C11H14N2O2. The lowest BCUT2D eigenvalue weighted by Gasteiger charge is -2.03. The number of nitrogens with two attached hydrogens (primary N) is 1. The molecule has 0 atom stereocenters. The fourth-order valence-electron chi connectivity index (χ4n) is 1.09. The molecule has 0 spiro atoms. The van der Waals surface area contributed by atoms with Gasteiger partial charge in [-0.25, -0.2) is 4.79 Å². The van der Waals surface area contributed by atoms with Gasteiger partial charge in [-0.15, -0.1) is 0 Å². The first-order chi connectivity index (χ1) is 7.26. The van der Waals surface area contributed by atoms with E-state index in [4.69, 9.17) is 5.73 Å². The summed E-state index contributed by atoms with van der Waals surface area (Å²) in [5, 5.41) is 2.58. The van der Waals surface area contributed by atoms with Gasteiger partial charge in [-0.2, -0.15) is 0 Å². The lowest BCUT2D eigenvalue weighted by molar-refractivity contribution is 0.187. The Morgan fingerprint density at radius 2 is 2.40 bits per heavy atom. The first-order valence-electron chi connectivity index (χ1n) is 4.58. The number of amides is 1. The van der Waals surface area contributed by atoms with Crippen molar-refractivity contribution in [2.24, 2.45) is 5.73 Å². The smallest absolute Gasteiger partial charge is 0.411 e.